The molecule has 0 spiro atoms. The summed E-state index contributed by atoms with van der Waals surface area (Å²) in [7, 11) is 1.68. The molecule has 1 unspecified atom stereocenters. The van der Waals surface area contributed by atoms with Crippen LogP contribution in [0.15, 0.2) is 47.7 Å². The Balaban J connectivity index is 1.66. The molecule has 0 aliphatic heterocycles. The fourth-order valence-corrected chi connectivity index (χ4v) is 3.69. The molecule has 0 N–H and O–H groups in total. The summed E-state index contributed by atoms with van der Waals surface area (Å²) in [4.78, 5) is 21.1. The Hall–Kier alpha value is -3.02. The molecule has 0 saturated heterocycles. The van der Waals surface area contributed by atoms with Gasteiger partial charge in [-0.2, -0.15) is 9.78 Å². The molecule has 0 saturated carbocycles. The first-order chi connectivity index (χ1) is 12.7. The lowest BCUT2D eigenvalue weighted by molar-refractivity contribution is 0.414. The van der Waals surface area contributed by atoms with Crippen LogP contribution in [0.5, 0.6) is 5.75 Å². The van der Waals surface area contributed by atoms with Crippen LogP contribution in [0, 0.1) is 6.92 Å². The van der Waals surface area contributed by atoms with Crippen molar-refractivity contribution in [3.05, 3.63) is 75.5 Å². The first-order valence-electron chi connectivity index (χ1n) is 8.69. The fourth-order valence-electron chi connectivity index (χ4n) is 3.69. The van der Waals surface area contributed by atoms with Crippen molar-refractivity contribution in [2.24, 2.45) is 0 Å². The first kappa shape index (κ1) is 16.4. The monoisotopic (exact) mass is 348 g/mol. The van der Waals surface area contributed by atoms with Gasteiger partial charge in [-0.1, -0.05) is 6.07 Å². The molecule has 132 valence electrons. The van der Waals surface area contributed by atoms with Gasteiger partial charge in [0.1, 0.15) is 5.75 Å². The first-order valence-corrected chi connectivity index (χ1v) is 8.69. The second kappa shape index (κ2) is 6.71. The van der Waals surface area contributed by atoms with Crippen molar-refractivity contribution in [2.45, 2.75) is 32.1 Å². The second-order valence-electron chi connectivity index (χ2n) is 6.58. The van der Waals surface area contributed by atoms with E-state index in [0.29, 0.717) is 11.9 Å². The Bertz CT molecular complexity index is 998. The van der Waals surface area contributed by atoms with E-state index >= 15 is 0 Å². The van der Waals surface area contributed by atoms with Gasteiger partial charge in [0.05, 0.1) is 13.3 Å². The van der Waals surface area contributed by atoms with Gasteiger partial charge in [-0.15, -0.1) is 0 Å². The Kier molecular flexibility index (Phi) is 4.24. The Morgan fingerprint density at radius 1 is 1.23 bits per heavy atom. The van der Waals surface area contributed by atoms with Gasteiger partial charge in [0, 0.05) is 18.0 Å². The SMILES string of the molecule is COc1ccc(C2CCc3c(cnn(-c4ncccn4)c3=O)C2)c(C)c1. The summed E-state index contributed by atoms with van der Waals surface area (Å²) in [6, 6.07) is 7.92. The van der Waals surface area contributed by atoms with Gasteiger partial charge < -0.3 is 4.74 Å². The van der Waals surface area contributed by atoms with Crippen molar-refractivity contribution in [3.8, 4) is 11.7 Å². The van der Waals surface area contributed by atoms with Crippen molar-refractivity contribution >= 4 is 0 Å². The van der Waals surface area contributed by atoms with Gasteiger partial charge in [-0.3, -0.25) is 4.79 Å². The number of benzene rings is 1. The average molecular weight is 348 g/mol. The Morgan fingerprint density at radius 2 is 2.04 bits per heavy atom. The summed E-state index contributed by atoms with van der Waals surface area (Å²) in [5.74, 6) is 1.57. The van der Waals surface area contributed by atoms with Gasteiger partial charge in [0.15, 0.2) is 0 Å². The zero-order valence-electron chi connectivity index (χ0n) is 14.8. The van der Waals surface area contributed by atoms with Crippen molar-refractivity contribution in [3.63, 3.8) is 0 Å². The fraction of sp³-hybridized carbons (Fsp3) is 0.300. The molecule has 0 radical (unpaired) electrons. The third kappa shape index (κ3) is 2.87. The maximum Gasteiger partial charge on any atom is 0.277 e. The van der Waals surface area contributed by atoms with E-state index in [4.69, 9.17) is 4.74 Å². The van der Waals surface area contributed by atoms with E-state index < -0.39 is 0 Å². The lowest BCUT2D eigenvalue weighted by Crippen LogP contribution is -2.30. The van der Waals surface area contributed by atoms with Crippen LogP contribution in [0.2, 0.25) is 0 Å². The highest BCUT2D eigenvalue weighted by atomic mass is 16.5. The van der Waals surface area contributed by atoms with Crippen LogP contribution in [0.25, 0.3) is 5.95 Å². The predicted molar refractivity (Wildman–Crippen MR) is 97.9 cm³/mol. The Labute approximate surface area is 151 Å². The van der Waals surface area contributed by atoms with Gasteiger partial charge in [0.2, 0.25) is 0 Å². The highest BCUT2D eigenvalue weighted by Crippen LogP contribution is 2.34. The van der Waals surface area contributed by atoms with Gasteiger partial charge in [-0.05, 0) is 67.0 Å². The predicted octanol–water partition coefficient (Wildman–Crippen LogP) is 2.61. The van der Waals surface area contributed by atoms with Gasteiger partial charge in [-0.25, -0.2) is 9.97 Å². The van der Waals surface area contributed by atoms with Crippen LogP contribution in [-0.2, 0) is 12.8 Å². The lowest BCUT2D eigenvalue weighted by atomic mass is 9.80. The molecule has 3 aromatic rings. The molecule has 2 aromatic heterocycles. The largest absolute Gasteiger partial charge is 0.497 e. The molecule has 6 heteroatoms. The van der Waals surface area contributed by atoms with E-state index in [9.17, 15) is 4.79 Å². The smallest absolute Gasteiger partial charge is 0.277 e. The van der Waals surface area contributed by atoms with Gasteiger partial charge >= 0.3 is 0 Å². The number of hydrogen-bond donors (Lipinski definition) is 0. The van der Waals surface area contributed by atoms with Crippen LogP contribution in [0.4, 0.5) is 0 Å². The zero-order valence-corrected chi connectivity index (χ0v) is 14.8. The van der Waals surface area contributed by atoms with E-state index in [2.05, 4.69) is 34.1 Å². The quantitative estimate of drug-likeness (QED) is 0.728. The van der Waals surface area contributed by atoms with Gasteiger partial charge in [0.25, 0.3) is 11.5 Å². The van der Waals surface area contributed by atoms with Crippen LogP contribution in [-0.4, -0.2) is 26.9 Å². The minimum absolute atomic E-state index is 0.112. The maximum absolute atomic E-state index is 12.8. The summed E-state index contributed by atoms with van der Waals surface area (Å²) in [6.07, 6.45) is 7.50. The van der Waals surface area contributed by atoms with E-state index in [1.807, 2.05) is 6.07 Å². The van der Waals surface area contributed by atoms with Crippen LogP contribution < -0.4 is 10.3 Å². The summed E-state index contributed by atoms with van der Waals surface area (Å²) in [5.41, 5.74) is 4.27. The molecule has 0 fully saturated rings. The maximum atomic E-state index is 12.8. The van der Waals surface area contributed by atoms with E-state index in [0.717, 1.165) is 36.1 Å². The summed E-state index contributed by atoms with van der Waals surface area (Å²) >= 11 is 0. The molecule has 4 rings (SSSR count). The molecule has 1 aromatic carbocycles. The third-order valence-electron chi connectivity index (χ3n) is 5.03. The molecule has 0 amide bonds. The molecule has 2 heterocycles. The van der Waals surface area contributed by atoms with Crippen molar-refractivity contribution in [1.82, 2.24) is 19.7 Å². The molecule has 1 aliphatic rings. The highest BCUT2D eigenvalue weighted by molar-refractivity contribution is 5.39. The topological polar surface area (TPSA) is 69.9 Å². The number of aryl methyl sites for hydroxylation is 1. The summed E-state index contributed by atoms with van der Waals surface area (Å²) < 4.78 is 6.59. The molecule has 1 atom stereocenters. The van der Waals surface area contributed by atoms with Crippen molar-refractivity contribution < 1.29 is 4.74 Å². The minimum atomic E-state index is -0.112. The lowest BCUT2D eigenvalue weighted by Gasteiger charge is -2.26. The molecule has 26 heavy (non-hydrogen) atoms. The van der Waals surface area contributed by atoms with Crippen LogP contribution in [0.1, 0.15) is 34.6 Å². The van der Waals surface area contributed by atoms with E-state index in [1.54, 1.807) is 31.8 Å². The standard InChI is InChI=1S/C20H20N4O2/c1-13-10-16(26-2)5-7-17(13)14-4-6-18-15(11-14)12-23-24(19(18)25)20-21-8-3-9-22-20/h3,5,7-10,12,14H,4,6,11H2,1-2H3. The normalized spacial score (nSPS) is 16.2. The number of hydrogen-bond acceptors (Lipinski definition) is 5. The minimum Gasteiger partial charge on any atom is -0.497 e. The number of fused-ring (bicyclic) bond motifs is 1. The highest BCUT2D eigenvalue weighted by Gasteiger charge is 2.25. The summed E-state index contributed by atoms with van der Waals surface area (Å²) in [6.45, 7) is 2.11. The average Bonchev–Trinajstić information content (AvgIpc) is 2.68. The molecule has 6 nitrogen and oxygen atoms in total. The molecular weight excluding hydrogens is 328 g/mol. The van der Waals surface area contributed by atoms with E-state index in [1.165, 1.54) is 15.8 Å². The number of rotatable bonds is 3. The third-order valence-corrected chi connectivity index (χ3v) is 5.03. The van der Waals surface area contributed by atoms with Crippen molar-refractivity contribution in [2.75, 3.05) is 7.11 Å². The molecular formula is C20H20N4O2. The number of methoxy groups -OCH3 is 1. The van der Waals surface area contributed by atoms with E-state index in [-0.39, 0.29) is 5.56 Å². The number of nitrogens with zero attached hydrogens (tertiary/aromatic N) is 4. The molecule has 0 bridgehead atoms. The summed E-state index contributed by atoms with van der Waals surface area (Å²) in [5, 5.41) is 4.30. The van der Waals surface area contributed by atoms with Crippen LogP contribution >= 0.6 is 0 Å². The zero-order chi connectivity index (χ0) is 18.1. The number of aromatic nitrogens is 4. The Morgan fingerprint density at radius 3 is 2.77 bits per heavy atom. The van der Waals surface area contributed by atoms with Crippen molar-refractivity contribution in [1.29, 1.82) is 0 Å². The number of ether oxygens (including phenoxy) is 1. The van der Waals surface area contributed by atoms with Crippen LogP contribution in [0.3, 0.4) is 0 Å². The molecule has 1 aliphatic carbocycles. The second-order valence-corrected chi connectivity index (χ2v) is 6.58.